The smallest absolute Gasteiger partial charge is 0.328 e. The molecule has 0 aliphatic rings. The highest BCUT2D eigenvalue weighted by Gasteiger charge is 2.18. The fourth-order valence-corrected chi connectivity index (χ4v) is 3.09. The monoisotopic (exact) mass is 527 g/mol. The first kappa shape index (κ1) is 31.4. The maximum Gasteiger partial charge on any atom is 0.328 e. The molecular weight excluding hydrogens is 494 g/mol. The van der Waals surface area contributed by atoms with Gasteiger partial charge in [0.15, 0.2) is 0 Å². The lowest BCUT2D eigenvalue weighted by atomic mass is 10.1. The summed E-state index contributed by atoms with van der Waals surface area (Å²) >= 11 is 0. The molecule has 0 saturated heterocycles. The highest BCUT2D eigenvalue weighted by atomic mass is 16.4. The van der Waals surface area contributed by atoms with Gasteiger partial charge < -0.3 is 32.1 Å². The first-order chi connectivity index (χ1) is 18.1. The van der Waals surface area contributed by atoms with Crippen LogP contribution < -0.4 is 27.0 Å². The van der Waals surface area contributed by atoms with E-state index in [0.29, 0.717) is 44.2 Å². The number of carbonyl (C=O) groups is 6. The van der Waals surface area contributed by atoms with Gasteiger partial charge in [-0.05, 0) is 49.5 Å². The summed E-state index contributed by atoms with van der Waals surface area (Å²) in [5.74, 6) is -1.23. The van der Waals surface area contributed by atoms with Gasteiger partial charge in [-0.25, -0.2) is 4.79 Å². The Kier molecular flexibility index (Phi) is 14.6. The predicted molar refractivity (Wildman–Crippen MR) is 139 cm³/mol. The van der Waals surface area contributed by atoms with E-state index < -0.39 is 42.2 Å². The molecule has 38 heavy (non-hydrogen) atoms. The number of carbonyl (C=O) groups excluding carboxylic acids is 5. The predicted octanol–water partition coefficient (Wildman–Crippen LogP) is -0.309. The number of nitrogens with one attached hydrogen (secondary N) is 4. The maximum absolute atomic E-state index is 12.2. The molecule has 0 aliphatic heterocycles. The average Bonchev–Trinajstić information content (AvgIpc) is 2.88. The number of rotatable bonds is 17. The molecule has 1 atom stereocenters. The van der Waals surface area contributed by atoms with Gasteiger partial charge in [-0.2, -0.15) is 0 Å². The van der Waals surface area contributed by atoms with E-state index in [1.807, 2.05) is 0 Å². The quantitative estimate of drug-likeness (QED) is 0.0907. The van der Waals surface area contributed by atoms with Crippen LogP contribution in [0.5, 0.6) is 0 Å². The summed E-state index contributed by atoms with van der Waals surface area (Å²) in [6.45, 7) is -0.390. The molecule has 5 amide bonds. The van der Waals surface area contributed by atoms with Crippen molar-refractivity contribution in [3.63, 3.8) is 0 Å². The van der Waals surface area contributed by atoms with E-state index in [4.69, 9.17) is 17.3 Å². The summed E-state index contributed by atoms with van der Waals surface area (Å²) in [6, 6.07) is 5.11. The van der Waals surface area contributed by atoms with E-state index in [2.05, 4.69) is 27.2 Å². The molecule has 1 rings (SSSR count). The lowest BCUT2D eigenvalue weighted by Gasteiger charge is -2.16. The minimum atomic E-state index is -1.10. The van der Waals surface area contributed by atoms with Crippen LogP contribution in [-0.2, 0) is 24.0 Å². The number of amides is 5. The zero-order valence-electron chi connectivity index (χ0n) is 21.0. The van der Waals surface area contributed by atoms with Crippen LogP contribution in [0.2, 0.25) is 0 Å². The molecule has 0 heterocycles. The van der Waals surface area contributed by atoms with Crippen LogP contribution in [0.25, 0.3) is 6.08 Å². The van der Waals surface area contributed by atoms with Crippen LogP contribution in [0.4, 0.5) is 0 Å². The molecule has 0 radical (unpaired) electrons. The largest absolute Gasteiger partial charge is 0.478 e. The maximum atomic E-state index is 12.2. The fourth-order valence-electron chi connectivity index (χ4n) is 3.09. The van der Waals surface area contributed by atoms with Gasteiger partial charge in [-0.3, -0.25) is 24.0 Å². The molecule has 1 aromatic carbocycles. The Hall–Kier alpha value is -4.66. The highest BCUT2D eigenvalue weighted by Crippen LogP contribution is 2.06. The van der Waals surface area contributed by atoms with Crippen molar-refractivity contribution in [1.29, 1.82) is 0 Å². The number of nitrogens with two attached hydrogens (primary N) is 1. The van der Waals surface area contributed by atoms with E-state index in [1.165, 1.54) is 18.2 Å². The number of hydrogen-bond acceptors (Lipinski definition) is 6. The van der Waals surface area contributed by atoms with Crippen LogP contribution in [0.1, 0.15) is 54.4 Å². The molecule has 0 unspecified atom stereocenters. The van der Waals surface area contributed by atoms with Crippen molar-refractivity contribution in [2.24, 2.45) is 5.73 Å². The van der Waals surface area contributed by atoms with Gasteiger partial charge in [0.1, 0.15) is 6.04 Å². The number of carboxylic acids is 1. The molecule has 0 spiro atoms. The van der Waals surface area contributed by atoms with Gasteiger partial charge in [0.25, 0.3) is 5.91 Å². The van der Waals surface area contributed by atoms with Crippen LogP contribution in [0, 0.1) is 12.3 Å². The second-order valence-corrected chi connectivity index (χ2v) is 8.18. The first-order valence-electron chi connectivity index (χ1n) is 12.0. The van der Waals surface area contributed by atoms with Gasteiger partial charge in [0.2, 0.25) is 23.6 Å². The van der Waals surface area contributed by atoms with Gasteiger partial charge >= 0.3 is 5.97 Å². The third kappa shape index (κ3) is 14.0. The normalized spacial score (nSPS) is 11.1. The molecule has 0 aromatic heterocycles. The van der Waals surface area contributed by atoms with E-state index in [9.17, 15) is 28.8 Å². The Bertz CT molecular complexity index is 1060. The van der Waals surface area contributed by atoms with Crippen molar-refractivity contribution in [1.82, 2.24) is 21.3 Å². The van der Waals surface area contributed by atoms with Gasteiger partial charge in [0.05, 0.1) is 13.1 Å². The van der Waals surface area contributed by atoms with Crippen LogP contribution in [-0.4, -0.2) is 66.3 Å². The van der Waals surface area contributed by atoms with E-state index >= 15 is 0 Å². The van der Waals surface area contributed by atoms with Crippen LogP contribution >= 0.6 is 0 Å². The molecule has 0 fully saturated rings. The second-order valence-electron chi connectivity index (χ2n) is 8.18. The van der Waals surface area contributed by atoms with Crippen molar-refractivity contribution in [3.8, 4) is 12.3 Å². The Morgan fingerprint density at radius 3 is 2.24 bits per heavy atom. The van der Waals surface area contributed by atoms with Gasteiger partial charge in [0, 0.05) is 31.0 Å². The molecule has 204 valence electrons. The van der Waals surface area contributed by atoms with Crippen LogP contribution in [0.15, 0.2) is 30.3 Å². The summed E-state index contributed by atoms with van der Waals surface area (Å²) in [4.78, 5) is 70.1. The Labute approximate surface area is 220 Å². The minimum absolute atomic E-state index is 0.102. The van der Waals surface area contributed by atoms with Gasteiger partial charge in [-0.15, -0.1) is 12.3 Å². The Balaban J connectivity index is 2.31. The zero-order valence-corrected chi connectivity index (χ0v) is 21.0. The lowest BCUT2D eigenvalue weighted by molar-refractivity contribution is -0.131. The fraction of sp³-hybridized carbons (Fsp3) is 0.385. The number of terminal acetylenes is 1. The number of benzene rings is 1. The topological polar surface area (TPSA) is 197 Å². The van der Waals surface area contributed by atoms with Gasteiger partial charge in [-0.1, -0.05) is 12.1 Å². The standard InChI is InChI=1S/C26H33N5O7/c1-2-3-4-8-21(32)28-15-6-5-7-20(25(27)37)31-23(34)17-29-22(33)16-30-26(38)19-12-9-18(10-13-19)11-14-24(35)36/h1,9-14,20H,3-8,15-17H2,(H2,27,37)(H,28,32)(H,29,33)(H,30,38)(H,31,34)(H,35,36)/b14-11+/t20-/m0/s1. The molecule has 7 N–H and O–H groups in total. The van der Waals surface area contributed by atoms with E-state index in [-0.39, 0.29) is 24.4 Å². The summed E-state index contributed by atoms with van der Waals surface area (Å²) in [6.07, 6.45) is 10.3. The average molecular weight is 528 g/mol. The number of carboxylic acid groups (broad SMARTS) is 1. The molecule has 12 heteroatoms. The summed E-state index contributed by atoms with van der Waals surface area (Å²) < 4.78 is 0. The summed E-state index contributed by atoms with van der Waals surface area (Å²) in [5.41, 5.74) is 6.19. The number of hydrogen-bond donors (Lipinski definition) is 6. The Morgan fingerprint density at radius 2 is 1.61 bits per heavy atom. The molecule has 0 aliphatic carbocycles. The second kappa shape index (κ2) is 17.7. The minimum Gasteiger partial charge on any atom is -0.478 e. The molecule has 12 nitrogen and oxygen atoms in total. The zero-order chi connectivity index (χ0) is 28.3. The summed E-state index contributed by atoms with van der Waals surface area (Å²) in [7, 11) is 0. The molecule has 0 saturated carbocycles. The number of aliphatic carboxylic acids is 1. The van der Waals surface area contributed by atoms with E-state index in [0.717, 1.165) is 6.08 Å². The van der Waals surface area contributed by atoms with Crippen LogP contribution in [0.3, 0.4) is 0 Å². The number of primary amides is 1. The molecule has 0 bridgehead atoms. The van der Waals surface area contributed by atoms with E-state index in [1.54, 1.807) is 12.1 Å². The van der Waals surface area contributed by atoms with Crippen molar-refractivity contribution in [3.05, 3.63) is 41.5 Å². The molecule has 1 aromatic rings. The Morgan fingerprint density at radius 1 is 0.921 bits per heavy atom. The number of unbranched alkanes of at least 4 members (excludes halogenated alkanes) is 2. The lowest BCUT2D eigenvalue weighted by Crippen LogP contribution is -2.48. The third-order valence-corrected chi connectivity index (χ3v) is 5.09. The summed E-state index contributed by atoms with van der Waals surface area (Å²) in [5, 5.41) is 18.6. The van der Waals surface area contributed by atoms with Crippen molar-refractivity contribution in [2.75, 3.05) is 19.6 Å². The SMILES string of the molecule is C#CCCCC(=O)NCCCC[C@H](NC(=O)CNC(=O)CNC(=O)c1ccc(/C=C/C(=O)O)cc1)C(N)=O. The van der Waals surface area contributed by atoms with Crippen molar-refractivity contribution < 1.29 is 33.9 Å². The van der Waals surface area contributed by atoms with Crippen molar-refractivity contribution in [2.45, 2.75) is 44.6 Å². The third-order valence-electron chi connectivity index (χ3n) is 5.09. The first-order valence-corrected chi connectivity index (χ1v) is 12.0. The molecular formula is C26H33N5O7. The highest BCUT2D eigenvalue weighted by molar-refractivity contribution is 5.97. The van der Waals surface area contributed by atoms with Crippen molar-refractivity contribution >= 4 is 41.6 Å².